The maximum atomic E-state index is 12.9. The minimum Gasteiger partial charge on any atom is -0.459 e. The van der Waals surface area contributed by atoms with E-state index in [1.807, 2.05) is 30.3 Å². The van der Waals surface area contributed by atoms with Crippen molar-refractivity contribution in [1.29, 1.82) is 0 Å². The van der Waals surface area contributed by atoms with Crippen molar-refractivity contribution >= 4 is 11.0 Å². The number of hydrogen-bond donors (Lipinski definition) is 0. The van der Waals surface area contributed by atoms with Gasteiger partial charge in [0.25, 0.3) is 0 Å². The first kappa shape index (κ1) is 13.9. The summed E-state index contributed by atoms with van der Waals surface area (Å²) in [4.78, 5) is 12.9. The molecule has 6 heteroatoms. The summed E-state index contributed by atoms with van der Waals surface area (Å²) in [5.41, 5.74) is 2.33. The Hall–Kier alpha value is -3.54. The maximum Gasteiger partial charge on any atom is 0.231 e. The molecule has 0 fully saturated rings. The van der Waals surface area contributed by atoms with Crippen molar-refractivity contribution in [2.75, 3.05) is 6.79 Å². The summed E-state index contributed by atoms with van der Waals surface area (Å²) in [6.07, 6.45) is 4.90. The van der Waals surface area contributed by atoms with Gasteiger partial charge in [0.2, 0.25) is 18.0 Å². The molecule has 0 atom stereocenters. The van der Waals surface area contributed by atoms with Crippen molar-refractivity contribution in [2.24, 2.45) is 0 Å². The molecule has 0 bridgehead atoms. The van der Waals surface area contributed by atoms with Gasteiger partial charge in [-0.05, 0) is 24.3 Å². The monoisotopic (exact) mass is 332 g/mol. The second kappa shape index (κ2) is 5.24. The van der Waals surface area contributed by atoms with E-state index >= 15 is 0 Å². The van der Waals surface area contributed by atoms with Crippen LogP contribution in [0.3, 0.4) is 0 Å². The second-order valence-corrected chi connectivity index (χ2v) is 5.66. The summed E-state index contributed by atoms with van der Waals surface area (Å²) in [6, 6.07) is 13.1. The summed E-state index contributed by atoms with van der Waals surface area (Å²) in [7, 11) is 0. The molecule has 6 nitrogen and oxygen atoms in total. The van der Waals surface area contributed by atoms with Crippen molar-refractivity contribution in [3.05, 3.63) is 71.3 Å². The van der Waals surface area contributed by atoms with Gasteiger partial charge in [0.05, 0.1) is 22.8 Å². The van der Waals surface area contributed by atoms with Crippen LogP contribution in [0.5, 0.6) is 11.5 Å². The third-order valence-electron chi connectivity index (χ3n) is 4.19. The van der Waals surface area contributed by atoms with Crippen LogP contribution in [0.4, 0.5) is 0 Å². The van der Waals surface area contributed by atoms with Crippen molar-refractivity contribution in [1.82, 2.24) is 9.78 Å². The van der Waals surface area contributed by atoms with Crippen molar-refractivity contribution < 1.29 is 13.9 Å². The molecule has 0 saturated heterocycles. The van der Waals surface area contributed by atoms with E-state index in [4.69, 9.17) is 13.9 Å². The van der Waals surface area contributed by atoms with Crippen LogP contribution in [0.15, 0.2) is 70.3 Å². The van der Waals surface area contributed by atoms with Crippen LogP contribution >= 0.6 is 0 Å². The molecule has 0 radical (unpaired) electrons. The van der Waals surface area contributed by atoms with Gasteiger partial charge in [-0.25, -0.2) is 4.68 Å². The van der Waals surface area contributed by atoms with E-state index in [0.29, 0.717) is 33.6 Å². The molecule has 5 rings (SSSR count). The summed E-state index contributed by atoms with van der Waals surface area (Å²) in [5, 5.41) is 4.79. The number of benzene rings is 2. The highest BCUT2D eigenvalue weighted by molar-refractivity contribution is 5.88. The Morgan fingerprint density at radius 1 is 1.04 bits per heavy atom. The molecule has 1 aliphatic rings. The molecular formula is C19H12N2O4. The number of aromatic nitrogens is 2. The Morgan fingerprint density at radius 3 is 2.80 bits per heavy atom. The number of rotatable bonds is 2. The average molecular weight is 332 g/mol. The van der Waals surface area contributed by atoms with Gasteiger partial charge in [-0.2, -0.15) is 5.10 Å². The highest BCUT2D eigenvalue weighted by atomic mass is 16.7. The predicted octanol–water partition coefficient (Wildman–Crippen LogP) is 3.37. The maximum absolute atomic E-state index is 12.9. The lowest BCUT2D eigenvalue weighted by Crippen LogP contribution is -2.04. The number of para-hydroxylation sites is 1. The molecule has 0 N–H and O–H groups in total. The Balaban J connectivity index is 1.65. The summed E-state index contributed by atoms with van der Waals surface area (Å²) < 4.78 is 18.1. The van der Waals surface area contributed by atoms with Gasteiger partial charge >= 0.3 is 0 Å². The quantitative estimate of drug-likeness (QED) is 0.563. The molecule has 2 aromatic carbocycles. The van der Waals surface area contributed by atoms with Gasteiger partial charge in [0.1, 0.15) is 6.26 Å². The predicted molar refractivity (Wildman–Crippen MR) is 91.2 cm³/mol. The van der Waals surface area contributed by atoms with Gasteiger partial charge in [0.15, 0.2) is 11.3 Å². The van der Waals surface area contributed by atoms with Crippen molar-refractivity contribution in [3.8, 4) is 28.3 Å². The van der Waals surface area contributed by atoms with E-state index in [2.05, 4.69) is 5.10 Å². The fraction of sp³-hybridized carbons (Fsp3) is 0.0526. The standard InChI is InChI=1S/C19H12N2O4/c22-17-14-6-7-16-19(25-11-24-16)18(14)23-10-15(17)12-8-20-21(9-12)13-4-2-1-3-5-13/h1-10H,11H2. The average Bonchev–Trinajstić information content (AvgIpc) is 3.32. The molecule has 0 aliphatic carbocycles. The third-order valence-corrected chi connectivity index (χ3v) is 4.19. The lowest BCUT2D eigenvalue weighted by molar-refractivity contribution is 0.174. The molecule has 0 spiro atoms. The molecule has 4 aromatic rings. The molecule has 0 unspecified atom stereocenters. The summed E-state index contributed by atoms with van der Waals surface area (Å²) in [6.45, 7) is 0.129. The van der Waals surface area contributed by atoms with Gasteiger partial charge in [-0.3, -0.25) is 4.79 Å². The Morgan fingerprint density at radius 2 is 1.92 bits per heavy atom. The largest absolute Gasteiger partial charge is 0.459 e. The van der Waals surface area contributed by atoms with E-state index in [1.54, 1.807) is 29.2 Å². The molecule has 0 amide bonds. The first-order chi connectivity index (χ1) is 12.3. The van der Waals surface area contributed by atoms with Crippen LogP contribution in [0.2, 0.25) is 0 Å². The number of hydrogen-bond acceptors (Lipinski definition) is 5. The van der Waals surface area contributed by atoms with Gasteiger partial charge < -0.3 is 13.9 Å². The normalized spacial score (nSPS) is 12.6. The van der Waals surface area contributed by atoms with Crippen LogP contribution in [0.1, 0.15) is 0 Å². The van der Waals surface area contributed by atoms with Gasteiger partial charge in [-0.1, -0.05) is 18.2 Å². The molecule has 2 aromatic heterocycles. The highest BCUT2D eigenvalue weighted by Crippen LogP contribution is 2.38. The van der Waals surface area contributed by atoms with Crippen molar-refractivity contribution in [2.45, 2.75) is 0 Å². The van der Waals surface area contributed by atoms with E-state index in [0.717, 1.165) is 5.69 Å². The number of nitrogens with zero attached hydrogens (tertiary/aromatic N) is 2. The molecular weight excluding hydrogens is 320 g/mol. The fourth-order valence-electron chi connectivity index (χ4n) is 2.94. The zero-order chi connectivity index (χ0) is 16.8. The van der Waals surface area contributed by atoms with E-state index in [9.17, 15) is 4.79 Å². The molecule has 1 aliphatic heterocycles. The zero-order valence-electron chi connectivity index (χ0n) is 13.0. The zero-order valence-corrected chi connectivity index (χ0v) is 13.0. The van der Waals surface area contributed by atoms with Crippen molar-refractivity contribution in [3.63, 3.8) is 0 Å². The lowest BCUT2D eigenvalue weighted by Gasteiger charge is -2.03. The fourth-order valence-corrected chi connectivity index (χ4v) is 2.94. The number of ether oxygens (including phenoxy) is 2. The second-order valence-electron chi connectivity index (χ2n) is 5.66. The highest BCUT2D eigenvalue weighted by Gasteiger charge is 2.21. The van der Waals surface area contributed by atoms with Crippen LogP contribution in [-0.4, -0.2) is 16.6 Å². The Labute approximate surface area is 141 Å². The Bertz CT molecular complexity index is 1150. The van der Waals surface area contributed by atoms with Crippen LogP contribution < -0.4 is 14.9 Å². The summed E-state index contributed by atoms with van der Waals surface area (Å²) >= 11 is 0. The minimum absolute atomic E-state index is 0.129. The first-order valence-electron chi connectivity index (χ1n) is 7.76. The SMILES string of the molecule is O=c1c(-c2cnn(-c3ccccc3)c2)coc2c3c(ccc12)OCO3. The van der Waals surface area contributed by atoms with E-state index < -0.39 is 0 Å². The minimum atomic E-state index is -0.132. The van der Waals surface area contributed by atoms with Crippen LogP contribution in [0.25, 0.3) is 27.8 Å². The smallest absolute Gasteiger partial charge is 0.231 e. The van der Waals surface area contributed by atoms with Crippen LogP contribution in [-0.2, 0) is 0 Å². The summed E-state index contributed by atoms with van der Waals surface area (Å²) in [5.74, 6) is 1.06. The van der Waals surface area contributed by atoms with Gasteiger partial charge in [-0.15, -0.1) is 0 Å². The molecule has 122 valence electrons. The molecule has 0 saturated carbocycles. The number of fused-ring (bicyclic) bond motifs is 3. The van der Waals surface area contributed by atoms with E-state index in [1.165, 1.54) is 6.26 Å². The van der Waals surface area contributed by atoms with Gasteiger partial charge in [0, 0.05) is 11.8 Å². The third kappa shape index (κ3) is 2.11. The first-order valence-corrected chi connectivity index (χ1v) is 7.76. The van der Waals surface area contributed by atoms with E-state index in [-0.39, 0.29) is 12.2 Å². The topological polar surface area (TPSA) is 66.5 Å². The molecule has 3 heterocycles. The lowest BCUT2D eigenvalue weighted by atomic mass is 10.1. The Kier molecular flexibility index (Phi) is 2.90. The molecule has 25 heavy (non-hydrogen) atoms. The van der Waals surface area contributed by atoms with Crippen LogP contribution in [0, 0.1) is 0 Å².